The summed E-state index contributed by atoms with van der Waals surface area (Å²) < 4.78 is 0. The van der Waals surface area contributed by atoms with Gasteiger partial charge in [-0.05, 0) is 42.8 Å². The minimum Gasteiger partial charge on any atom is -0.322 e. The molecule has 0 bridgehead atoms. The van der Waals surface area contributed by atoms with Gasteiger partial charge < -0.3 is 5.32 Å². The zero-order valence-corrected chi connectivity index (χ0v) is 11.1. The molecule has 0 fully saturated rings. The lowest BCUT2D eigenvalue weighted by atomic mass is 10.1. The van der Waals surface area contributed by atoms with Crippen LogP contribution in [0.2, 0.25) is 10.2 Å². The minimum atomic E-state index is -0.233. The number of hydrogen-bond acceptors (Lipinski definition) is 2. The van der Waals surface area contributed by atoms with Crippen LogP contribution in [-0.4, -0.2) is 10.9 Å². The number of nitrogens with zero attached hydrogens (tertiary/aromatic N) is 1. The number of pyridine rings is 1. The van der Waals surface area contributed by atoms with Gasteiger partial charge in [-0.25, -0.2) is 4.98 Å². The molecule has 92 valence electrons. The summed E-state index contributed by atoms with van der Waals surface area (Å²) in [6, 6.07) is 8.43. The Hall–Kier alpha value is -1.58. The lowest BCUT2D eigenvalue weighted by Crippen LogP contribution is -2.12. The number of benzene rings is 1. The van der Waals surface area contributed by atoms with Gasteiger partial charge in [0.25, 0.3) is 5.91 Å². The Labute approximate surface area is 115 Å². The van der Waals surface area contributed by atoms with Crippen molar-refractivity contribution in [3.63, 3.8) is 0 Å². The van der Waals surface area contributed by atoms with E-state index in [4.69, 9.17) is 23.2 Å². The topological polar surface area (TPSA) is 42.0 Å². The Morgan fingerprint density at radius 2 is 2.00 bits per heavy atom. The van der Waals surface area contributed by atoms with E-state index in [1.807, 2.05) is 6.92 Å². The number of hydrogen-bond donors (Lipinski definition) is 1. The maximum absolute atomic E-state index is 12.0. The zero-order valence-electron chi connectivity index (χ0n) is 9.58. The van der Waals surface area contributed by atoms with Gasteiger partial charge in [-0.3, -0.25) is 4.79 Å². The zero-order chi connectivity index (χ0) is 13.1. The average Bonchev–Trinajstić information content (AvgIpc) is 2.27. The van der Waals surface area contributed by atoms with Gasteiger partial charge in [0.1, 0.15) is 5.15 Å². The van der Waals surface area contributed by atoms with E-state index in [2.05, 4.69) is 10.3 Å². The van der Waals surface area contributed by atoms with Crippen molar-refractivity contribution in [2.24, 2.45) is 0 Å². The van der Waals surface area contributed by atoms with Crippen LogP contribution in [0.25, 0.3) is 0 Å². The fourth-order valence-electron chi connectivity index (χ4n) is 1.55. The second kappa shape index (κ2) is 5.38. The summed E-state index contributed by atoms with van der Waals surface area (Å²) in [6.45, 7) is 1.88. The number of halogens is 2. The van der Waals surface area contributed by atoms with Gasteiger partial charge in [0.15, 0.2) is 0 Å². The van der Waals surface area contributed by atoms with Crippen LogP contribution >= 0.6 is 23.2 Å². The van der Waals surface area contributed by atoms with E-state index in [1.165, 1.54) is 6.20 Å². The number of aromatic nitrogens is 1. The molecule has 1 aromatic heterocycles. The van der Waals surface area contributed by atoms with Gasteiger partial charge in [0, 0.05) is 22.5 Å². The lowest BCUT2D eigenvalue weighted by Gasteiger charge is -2.06. The first-order valence-corrected chi connectivity index (χ1v) is 6.00. The first kappa shape index (κ1) is 12.9. The molecule has 1 aromatic carbocycles. The molecule has 1 N–H and O–H groups in total. The minimum absolute atomic E-state index is 0.233. The molecule has 0 saturated heterocycles. The molecule has 0 aliphatic carbocycles. The van der Waals surface area contributed by atoms with Crippen LogP contribution in [0.4, 0.5) is 5.69 Å². The lowest BCUT2D eigenvalue weighted by molar-refractivity contribution is 0.102. The van der Waals surface area contributed by atoms with E-state index in [-0.39, 0.29) is 5.91 Å². The molecule has 3 nitrogen and oxygen atoms in total. The molecule has 0 spiro atoms. The van der Waals surface area contributed by atoms with Gasteiger partial charge in [-0.15, -0.1) is 0 Å². The second-order valence-electron chi connectivity index (χ2n) is 3.84. The Balaban J connectivity index is 2.22. The summed E-state index contributed by atoms with van der Waals surface area (Å²) in [7, 11) is 0. The molecule has 0 saturated carbocycles. The van der Waals surface area contributed by atoms with Crippen molar-refractivity contribution in [1.82, 2.24) is 4.98 Å². The van der Waals surface area contributed by atoms with Crippen LogP contribution in [0.1, 0.15) is 15.9 Å². The summed E-state index contributed by atoms with van der Waals surface area (Å²) in [4.78, 5) is 15.8. The highest BCUT2D eigenvalue weighted by Gasteiger charge is 2.08. The van der Waals surface area contributed by atoms with Gasteiger partial charge in [-0.1, -0.05) is 23.2 Å². The van der Waals surface area contributed by atoms with Crippen molar-refractivity contribution < 1.29 is 4.79 Å². The van der Waals surface area contributed by atoms with E-state index >= 15 is 0 Å². The summed E-state index contributed by atoms with van der Waals surface area (Å²) >= 11 is 11.7. The van der Waals surface area contributed by atoms with Gasteiger partial charge in [-0.2, -0.15) is 0 Å². The van der Waals surface area contributed by atoms with Crippen molar-refractivity contribution in [2.45, 2.75) is 6.92 Å². The number of carbonyl (C=O) groups is 1. The summed E-state index contributed by atoms with van der Waals surface area (Å²) in [5.41, 5.74) is 2.03. The normalized spacial score (nSPS) is 10.2. The maximum Gasteiger partial charge on any atom is 0.255 e. The van der Waals surface area contributed by atoms with Crippen molar-refractivity contribution in [1.29, 1.82) is 0 Å². The molecule has 0 radical (unpaired) electrons. The number of aryl methyl sites for hydroxylation is 1. The second-order valence-corrected chi connectivity index (χ2v) is 4.66. The van der Waals surface area contributed by atoms with Crippen LogP contribution in [-0.2, 0) is 0 Å². The molecule has 18 heavy (non-hydrogen) atoms. The molecule has 2 rings (SSSR count). The highest BCUT2D eigenvalue weighted by molar-refractivity contribution is 6.31. The quantitative estimate of drug-likeness (QED) is 0.847. The van der Waals surface area contributed by atoms with Gasteiger partial charge >= 0.3 is 0 Å². The molecule has 2 aromatic rings. The molecule has 1 heterocycles. The summed E-state index contributed by atoms with van der Waals surface area (Å²) in [5.74, 6) is -0.233. The van der Waals surface area contributed by atoms with Crippen molar-refractivity contribution in [3.8, 4) is 0 Å². The Kier molecular flexibility index (Phi) is 3.84. The largest absolute Gasteiger partial charge is 0.322 e. The van der Waals surface area contributed by atoms with Gasteiger partial charge in [0.05, 0.1) is 0 Å². The molecule has 0 unspecified atom stereocenters. The van der Waals surface area contributed by atoms with Crippen LogP contribution in [0.5, 0.6) is 0 Å². The number of nitrogens with one attached hydrogen (secondary N) is 1. The van der Waals surface area contributed by atoms with E-state index in [9.17, 15) is 4.79 Å². The number of anilines is 1. The number of carbonyl (C=O) groups excluding carboxylic acids is 1. The predicted molar refractivity (Wildman–Crippen MR) is 73.4 cm³/mol. The van der Waals surface area contributed by atoms with Crippen molar-refractivity contribution in [3.05, 3.63) is 57.8 Å². The van der Waals surface area contributed by atoms with E-state index < -0.39 is 0 Å². The molecule has 0 atom stereocenters. The molecular formula is C13H10Cl2N2O. The Morgan fingerprint density at radius 1 is 1.22 bits per heavy atom. The number of rotatable bonds is 2. The van der Waals surface area contributed by atoms with E-state index in [1.54, 1.807) is 30.3 Å². The van der Waals surface area contributed by atoms with Crippen molar-refractivity contribution in [2.75, 3.05) is 5.32 Å². The highest BCUT2D eigenvalue weighted by atomic mass is 35.5. The SMILES string of the molecule is Cc1cc(Cl)cc(C(=O)Nc2ccnc(Cl)c2)c1. The summed E-state index contributed by atoms with van der Waals surface area (Å²) in [6.07, 6.45) is 1.53. The fourth-order valence-corrected chi connectivity index (χ4v) is 2.01. The maximum atomic E-state index is 12.0. The van der Waals surface area contributed by atoms with Crippen LogP contribution in [0.15, 0.2) is 36.5 Å². The van der Waals surface area contributed by atoms with E-state index in [0.29, 0.717) is 21.4 Å². The first-order valence-electron chi connectivity index (χ1n) is 5.25. The Bertz CT molecular complexity index is 579. The highest BCUT2D eigenvalue weighted by Crippen LogP contribution is 2.17. The standard InChI is InChI=1S/C13H10Cl2N2O/c1-8-4-9(6-10(14)5-8)13(18)17-11-2-3-16-12(15)7-11/h2-7H,1H3,(H,16,17,18). The Morgan fingerprint density at radius 3 is 2.67 bits per heavy atom. The first-order chi connectivity index (χ1) is 8.54. The monoisotopic (exact) mass is 280 g/mol. The smallest absolute Gasteiger partial charge is 0.255 e. The molecule has 0 aliphatic rings. The fraction of sp³-hybridized carbons (Fsp3) is 0.0769. The molecule has 1 amide bonds. The van der Waals surface area contributed by atoms with Crippen LogP contribution < -0.4 is 5.32 Å². The van der Waals surface area contributed by atoms with E-state index in [0.717, 1.165) is 5.56 Å². The van der Waals surface area contributed by atoms with Gasteiger partial charge in [0.2, 0.25) is 0 Å². The van der Waals surface area contributed by atoms with Crippen LogP contribution in [0.3, 0.4) is 0 Å². The summed E-state index contributed by atoms with van der Waals surface area (Å²) in [5, 5.41) is 3.60. The third-order valence-electron chi connectivity index (χ3n) is 2.29. The van der Waals surface area contributed by atoms with Crippen molar-refractivity contribution >= 4 is 34.8 Å². The van der Waals surface area contributed by atoms with Crippen LogP contribution in [0, 0.1) is 6.92 Å². The average molecular weight is 281 g/mol. The third-order valence-corrected chi connectivity index (χ3v) is 2.71. The predicted octanol–water partition coefficient (Wildman–Crippen LogP) is 3.95. The molecule has 5 heteroatoms. The molecular weight excluding hydrogens is 271 g/mol. The number of amides is 1. The molecule has 0 aliphatic heterocycles. The third kappa shape index (κ3) is 3.22.